The Hall–Kier alpha value is -0.731. The summed E-state index contributed by atoms with van der Waals surface area (Å²) in [5.41, 5.74) is 2.15. The van der Waals surface area contributed by atoms with Crippen molar-refractivity contribution in [3.63, 3.8) is 0 Å². The Morgan fingerprint density at radius 2 is 1.65 bits per heavy atom. The molecule has 0 unspecified atom stereocenters. The first-order valence-electron chi connectivity index (χ1n) is 3.57. The van der Waals surface area contributed by atoms with Crippen molar-refractivity contribution >= 4 is 10.9 Å². The van der Waals surface area contributed by atoms with E-state index < -0.39 is 0 Å². The third-order valence-corrected chi connectivity index (χ3v) is 1.83. The molecule has 1 N–H and O–H groups in total. The van der Waals surface area contributed by atoms with Crippen LogP contribution in [0.1, 0.15) is 5.69 Å². The number of H-pyrrole nitrogens is 1. The minimum atomic E-state index is 0. The van der Waals surface area contributed by atoms with Crippen LogP contribution in [0.25, 0.3) is 10.9 Å². The van der Waals surface area contributed by atoms with Crippen LogP contribution in [0.5, 0.6) is 0 Å². The van der Waals surface area contributed by atoms with E-state index in [4.69, 9.17) is 0 Å². The Bertz CT molecular complexity index is 411. The standard InChI is InChI=1S/C8H10N3.4Re.2Rf/c1-6-7-3-4-11(2)5-8(7)10-9-6;;;;;;/h3-5H,1-2H3,(H,9,10);;;;;;/q-3;;;;;;. The maximum absolute atomic E-state index is 4.10. The number of aryl methyl sites for hydroxylation is 2. The Kier molecular flexibility index (Phi) is 20.6. The molecular weight excluding hydrogens is 1420 g/mol. The summed E-state index contributed by atoms with van der Waals surface area (Å²) in [7, 11) is 2.00. The van der Waals surface area contributed by atoms with E-state index in [0.717, 1.165) is 11.2 Å². The molecule has 0 saturated carbocycles. The van der Waals surface area contributed by atoms with Gasteiger partial charge in [0.05, 0.1) is 0 Å². The van der Waals surface area contributed by atoms with Crippen LogP contribution in [0, 0.1) is 6.92 Å². The van der Waals surface area contributed by atoms with Gasteiger partial charge in [0.1, 0.15) is 0 Å². The molecule has 0 aliphatic rings. The van der Waals surface area contributed by atoms with Crippen molar-refractivity contribution in [1.82, 2.24) is 14.8 Å². The van der Waals surface area contributed by atoms with Gasteiger partial charge < -0.3 is 21.1 Å². The smallest absolute Gasteiger partial charge is 0 e. The zero-order chi connectivity index (χ0) is 7.84. The third-order valence-electron chi connectivity index (χ3n) is 1.83. The van der Waals surface area contributed by atoms with Crippen molar-refractivity contribution in [2.24, 2.45) is 7.05 Å². The molecule has 9 heteroatoms. The summed E-state index contributed by atoms with van der Waals surface area (Å²) < 4.78 is 2.00. The average Bonchev–Trinajstić information content (AvgIpc) is 2.32. The van der Waals surface area contributed by atoms with Crippen molar-refractivity contribution in [2.45, 2.75) is 6.92 Å². The van der Waals surface area contributed by atoms with Crippen molar-refractivity contribution in [3.05, 3.63) is 24.2 Å². The van der Waals surface area contributed by atoms with Crippen LogP contribution in [-0.4, -0.2) is 14.8 Å². The maximum atomic E-state index is 4.10. The van der Waals surface area contributed by atoms with Crippen LogP contribution in [0.15, 0.2) is 18.5 Å². The molecule has 0 amide bonds. The van der Waals surface area contributed by atoms with Crippen molar-refractivity contribution in [3.8, 4) is 0 Å². The van der Waals surface area contributed by atoms with E-state index in [1.54, 1.807) is 0 Å². The normalized spacial score (nSPS) is 6.94. The molecule has 0 fully saturated rings. The van der Waals surface area contributed by atoms with Gasteiger partial charge in [-0.25, -0.2) is 5.52 Å². The molecule has 0 aliphatic carbocycles. The number of nitrogens with one attached hydrogen (secondary N) is 1. The van der Waals surface area contributed by atoms with E-state index >= 15 is 0 Å². The van der Waals surface area contributed by atoms with Gasteiger partial charge in [-0.2, -0.15) is 5.69 Å². The van der Waals surface area contributed by atoms with Crippen LogP contribution in [-0.2, 0) is 88.7 Å². The SMILES string of the molecule is Cc1n[nH]c2[cH-]n(C)[cH-][cH-]c12.[Re].[Re].[Re].[Re].[Rf].[Rf]. The molecule has 17 heavy (non-hydrogen) atoms. The summed E-state index contributed by atoms with van der Waals surface area (Å²) in [5.74, 6) is 0. The summed E-state index contributed by atoms with van der Waals surface area (Å²) in [6.45, 7) is 2.00. The van der Waals surface area contributed by atoms with Crippen LogP contribution in [0.4, 0.5) is 0 Å². The first-order valence-corrected chi connectivity index (χ1v) is 3.57. The number of rotatable bonds is 0. The van der Waals surface area contributed by atoms with E-state index in [1.807, 2.05) is 30.9 Å². The molecule has 2 aromatic rings. The molecule has 0 aliphatic heterocycles. The Balaban J connectivity index is -0.0000000800. The number of aromatic amines is 1. The van der Waals surface area contributed by atoms with Crippen molar-refractivity contribution in [1.29, 1.82) is 0 Å². The fourth-order valence-electron chi connectivity index (χ4n) is 1.21. The number of hydrogen-bond donors (Lipinski definition) is 1. The van der Waals surface area contributed by atoms with Crippen LogP contribution in [0.3, 0.4) is 0 Å². The van der Waals surface area contributed by atoms with Gasteiger partial charge in [0, 0.05) is 81.7 Å². The Labute approximate surface area is 144 Å². The second-order valence-electron chi connectivity index (χ2n) is 2.75. The van der Waals surface area contributed by atoms with Crippen LogP contribution < -0.4 is 0 Å². The fourth-order valence-corrected chi connectivity index (χ4v) is 1.21. The molecule has 2 aromatic heterocycles. The van der Waals surface area contributed by atoms with Gasteiger partial charge in [-0.1, -0.05) is 6.92 Å². The van der Waals surface area contributed by atoms with Crippen molar-refractivity contribution in [2.75, 3.05) is 0 Å². The maximum Gasteiger partial charge on any atom is 0 e. The topological polar surface area (TPSA) is 33.6 Å². The van der Waals surface area contributed by atoms with E-state index in [2.05, 4.69) is 16.3 Å². The number of pyridine rings is 1. The van der Waals surface area contributed by atoms with Gasteiger partial charge in [0.25, 0.3) is 0 Å². The summed E-state index contributed by atoms with van der Waals surface area (Å²) in [6, 6.07) is 2.06. The molecule has 4 radical (unpaired) electrons. The molecule has 0 atom stereocenters. The van der Waals surface area contributed by atoms with Crippen LogP contribution in [0.2, 0.25) is 0 Å². The fraction of sp³-hybridized carbons (Fsp3) is 0.250. The van der Waals surface area contributed by atoms with Gasteiger partial charge in [-0.05, 0) is 7.05 Å². The summed E-state index contributed by atoms with van der Waals surface area (Å²) in [5, 5.41) is 8.25. The van der Waals surface area contributed by atoms with Crippen LogP contribution >= 0.6 is 0 Å². The number of nitrogens with zero attached hydrogens (tertiary/aromatic N) is 2. The van der Waals surface area contributed by atoms with E-state index in [-0.39, 0.29) is 81.7 Å². The molecule has 2 heterocycles. The molecule has 0 saturated heterocycles. The van der Waals surface area contributed by atoms with E-state index in [9.17, 15) is 0 Å². The summed E-state index contributed by atoms with van der Waals surface area (Å²) in [6.07, 6.45) is 4.04. The zero-order valence-corrected chi connectivity index (χ0v) is 33.2. The zero-order valence-electron chi connectivity index (χ0n) is 9.55. The minimum Gasteiger partial charge on any atom is -0.584 e. The predicted molar refractivity (Wildman–Crippen MR) is 44.2 cm³/mol. The van der Waals surface area contributed by atoms with Crippen molar-refractivity contribution < 1.29 is 81.7 Å². The largest absolute Gasteiger partial charge is 0.584 e. The summed E-state index contributed by atoms with van der Waals surface area (Å²) in [4.78, 5) is 0. The van der Waals surface area contributed by atoms with Gasteiger partial charge >= 0.3 is 0 Å². The predicted octanol–water partition coefficient (Wildman–Crippen LogP) is 1.48. The molecule has 92 valence electrons. The van der Waals surface area contributed by atoms with Gasteiger partial charge in [0.2, 0.25) is 0 Å². The second kappa shape index (κ2) is 11.7. The van der Waals surface area contributed by atoms with Gasteiger partial charge in [-0.3, -0.25) is 17.5 Å². The Morgan fingerprint density at radius 1 is 1.12 bits per heavy atom. The molecule has 0 bridgehead atoms. The van der Waals surface area contributed by atoms with E-state index in [0.29, 0.717) is 0 Å². The monoisotopic (exact) mass is 1430 g/mol. The quantitative estimate of drug-likeness (QED) is 0.400. The second-order valence-corrected chi connectivity index (χ2v) is 2.75. The molecular formula is C8H10N3Re4Rf2-3. The molecule has 0 spiro atoms. The Morgan fingerprint density at radius 3 is 2.18 bits per heavy atom. The number of aromatic nitrogens is 3. The van der Waals surface area contributed by atoms with E-state index in [1.165, 1.54) is 5.39 Å². The number of hydrogen-bond acceptors (Lipinski definition) is 1. The minimum absolute atomic E-state index is 0. The molecule has 3 nitrogen and oxygen atoms in total. The number of fused-ring (bicyclic) bond motifs is 1. The van der Waals surface area contributed by atoms with Gasteiger partial charge in [0.15, 0.2) is 0 Å². The molecule has 0 aromatic carbocycles. The third kappa shape index (κ3) is 5.94. The molecule has 2 rings (SSSR count). The summed E-state index contributed by atoms with van der Waals surface area (Å²) >= 11 is 0. The first-order chi connectivity index (χ1) is 5.27. The first kappa shape index (κ1) is 29.9. The average molecular weight is 1430 g/mol. The van der Waals surface area contributed by atoms with Gasteiger partial charge in [-0.15, -0.1) is 0 Å².